The fourth-order valence-corrected chi connectivity index (χ4v) is 8.92. The molecule has 5 nitrogen and oxygen atoms in total. The number of hydrogen-bond acceptors (Lipinski definition) is 3. The Kier molecular flexibility index (Phi) is 4.88. The van der Waals surface area contributed by atoms with Crippen molar-refractivity contribution in [1.29, 1.82) is 0 Å². The summed E-state index contributed by atoms with van der Waals surface area (Å²) in [4.78, 5) is 13.8. The fraction of sp³-hybridized carbons (Fsp3) is 0.519. The van der Waals surface area contributed by atoms with Gasteiger partial charge in [0.15, 0.2) is 0 Å². The Hall–Kier alpha value is -2.34. The Morgan fingerprint density at radius 1 is 0.970 bits per heavy atom. The number of anilines is 2. The van der Waals surface area contributed by atoms with Crippen molar-refractivity contribution in [3.05, 3.63) is 53.6 Å². The number of nitrogens with zero attached hydrogens (tertiary/aromatic N) is 1. The maximum Gasteiger partial charge on any atom is 0.264 e. The second kappa shape index (κ2) is 7.59. The Bertz CT molecular complexity index is 1170. The van der Waals surface area contributed by atoms with Gasteiger partial charge < -0.3 is 5.32 Å². The van der Waals surface area contributed by atoms with Gasteiger partial charge in [0, 0.05) is 12.2 Å². The number of nitrogens with one attached hydrogen (secondary N) is 1. The van der Waals surface area contributed by atoms with E-state index in [0.717, 1.165) is 72.4 Å². The summed E-state index contributed by atoms with van der Waals surface area (Å²) < 4.78 is 28.2. The second-order valence-electron chi connectivity index (χ2n) is 11.0. The average Bonchev–Trinajstić information content (AvgIpc) is 2.78. The third-order valence-electron chi connectivity index (χ3n) is 8.54. The van der Waals surface area contributed by atoms with Crippen LogP contribution in [0, 0.1) is 30.1 Å². The molecule has 4 fully saturated rings. The van der Waals surface area contributed by atoms with Crippen molar-refractivity contribution >= 4 is 27.3 Å². The van der Waals surface area contributed by atoms with E-state index < -0.39 is 10.0 Å². The van der Waals surface area contributed by atoms with Gasteiger partial charge in [0.05, 0.1) is 16.0 Å². The summed E-state index contributed by atoms with van der Waals surface area (Å²) in [7, 11) is -3.61. The Morgan fingerprint density at radius 2 is 1.61 bits per heavy atom. The van der Waals surface area contributed by atoms with Crippen LogP contribution in [-0.2, 0) is 21.2 Å². The molecule has 1 aliphatic heterocycles. The van der Waals surface area contributed by atoms with Crippen molar-refractivity contribution < 1.29 is 13.2 Å². The van der Waals surface area contributed by atoms with Crippen molar-refractivity contribution in [3.63, 3.8) is 0 Å². The number of sulfonamides is 1. The smallest absolute Gasteiger partial charge is 0.264 e. The summed E-state index contributed by atoms with van der Waals surface area (Å²) >= 11 is 0. The molecular weight excluding hydrogens is 432 g/mol. The van der Waals surface area contributed by atoms with Crippen molar-refractivity contribution in [2.24, 2.45) is 23.2 Å². The molecule has 0 spiro atoms. The molecule has 4 aliphatic carbocycles. The number of fused-ring (bicyclic) bond motifs is 1. The lowest BCUT2D eigenvalue weighted by molar-refractivity contribution is -0.140. The van der Waals surface area contributed by atoms with E-state index in [1.165, 1.54) is 23.6 Å². The van der Waals surface area contributed by atoms with Gasteiger partial charge in [-0.25, -0.2) is 8.42 Å². The summed E-state index contributed by atoms with van der Waals surface area (Å²) in [6.45, 7) is 2.42. The predicted octanol–water partition coefficient (Wildman–Crippen LogP) is 5.29. The van der Waals surface area contributed by atoms with Gasteiger partial charge in [-0.2, -0.15) is 0 Å². The van der Waals surface area contributed by atoms with E-state index in [9.17, 15) is 13.2 Å². The molecule has 33 heavy (non-hydrogen) atoms. The van der Waals surface area contributed by atoms with Crippen molar-refractivity contribution in [1.82, 2.24) is 0 Å². The number of carbonyl (C=O) groups excluding carboxylic acids is 1. The van der Waals surface area contributed by atoms with Crippen LogP contribution in [0.5, 0.6) is 0 Å². The molecule has 174 valence electrons. The van der Waals surface area contributed by atoms with E-state index in [2.05, 4.69) is 5.32 Å². The average molecular weight is 465 g/mol. The maximum atomic E-state index is 13.5. The van der Waals surface area contributed by atoms with Crippen molar-refractivity contribution in [2.75, 3.05) is 16.2 Å². The van der Waals surface area contributed by atoms with Gasteiger partial charge in [0.25, 0.3) is 10.0 Å². The zero-order valence-corrected chi connectivity index (χ0v) is 20.0. The minimum absolute atomic E-state index is 0.182. The molecule has 0 aromatic heterocycles. The molecule has 1 N–H and O–H groups in total. The number of benzene rings is 2. The van der Waals surface area contributed by atoms with E-state index >= 15 is 0 Å². The number of hydrogen-bond donors (Lipinski definition) is 1. The van der Waals surface area contributed by atoms with Gasteiger partial charge in [-0.1, -0.05) is 17.7 Å². The van der Waals surface area contributed by atoms with Gasteiger partial charge >= 0.3 is 0 Å². The first kappa shape index (κ1) is 21.2. The highest BCUT2D eigenvalue weighted by Gasteiger charge is 2.54. The second-order valence-corrected chi connectivity index (χ2v) is 12.9. The fourth-order valence-electron chi connectivity index (χ4n) is 7.38. The van der Waals surface area contributed by atoms with E-state index in [-0.39, 0.29) is 11.3 Å². The third kappa shape index (κ3) is 3.58. The first-order chi connectivity index (χ1) is 15.8. The molecule has 0 atom stereocenters. The molecule has 1 amide bonds. The van der Waals surface area contributed by atoms with Crippen LogP contribution in [0.4, 0.5) is 11.4 Å². The van der Waals surface area contributed by atoms with Gasteiger partial charge in [-0.05, 0) is 112 Å². The zero-order chi connectivity index (χ0) is 22.8. The minimum atomic E-state index is -3.61. The molecule has 6 heteroatoms. The van der Waals surface area contributed by atoms with E-state index in [0.29, 0.717) is 11.4 Å². The first-order valence-electron chi connectivity index (χ1n) is 12.4. The molecule has 0 radical (unpaired) electrons. The largest absolute Gasteiger partial charge is 0.326 e. The molecule has 4 bridgehead atoms. The van der Waals surface area contributed by atoms with Gasteiger partial charge in [0.2, 0.25) is 5.91 Å². The molecule has 5 aliphatic rings. The third-order valence-corrected chi connectivity index (χ3v) is 10.4. The van der Waals surface area contributed by atoms with Gasteiger partial charge in [-0.15, -0.1) is 0 Å². The topological polar surface area (TPSA) is 66.5 Å². The molecule has 2 aromatic carbocycles. The number of rotatable bonds is 4. The lowest BCUT2D eigenvalue weighted by atomic mass is 9.49. The van der Waals surface area contributed by atoms with Crippen LogP contribution in [-0.4, -0.2) is 20.9 Å². The number of aryl methyl sites for hydroxylation is 2. The van der Waals surface area contributed by atoms with Crippen molar-refractivity contribution in [2.45, 2.75) is 63.2 Å². The van der Waals surface area contributed by atoms with Crippen LogP contribution in [0.25, 0.3) is 0 Å². The number of carbonyl (C=O) groups is 1. The van der Waals surface area contributed by atoms with Crippen molar-refractivity contribution in [3.8, 4) is 0 Å². The lowest BCUT2D eigenvalue weighted by Crippen LogP contribution is -2.51. The Balaban J connectivity index is 1.25. The highest BCUT2D eigenvalue weighted by Crippen LogP contribution is 2.60. The number of amides is 1. The molecule has 0 unspecified atom stereocenters. The summed E-state index contributed by atoms with van der Waals surface area (Å²) in [6, 6.07) is 12.8. The van der Waals surface area contributed by atoms with Crippen LogP contribution >= 0.6 is 0 Å². The van der Waals surface area contributed by atoms with Crippen LogP contribution in [0.1, 0.15) is 56.1 Å². The molecule has 2 aromatic rings. The standard InChI is InChI=1S/C27H32N2O3S/c1-18-4-7-24(8-5-18)33(31,32)29-10-2-3-22-14-23(6-9-25(22)29)28-26(30)27-15-19-11-20(16-27)13-21(12-19)17-27/h4-9,14,19-21H,2-3,10-13,15-17H2,1H3,(H,28,30). The maximum absolute atomic E-state index is 13.5. The van der Waals surface area contributed by atoms with Crippen LogP contribution < -0.4 is 9.62 Å². The van der Waals surface area contributed by atoms with Crippen LogP contribution in [0.3, 0.4) is 0 Å². The Morgan fingerprint density at radius 3 is 2.24 bits per heavy atom. The summed E-state index contributed by atoms with van der Waals surface area (Å²) in [5.41, 5.74) is 3.36. The normalized spacial score (nSPS) is 30.2. The van der Waals surface area contributed by atoms with Gasteiger partial charge in [0.1, 0.15) is 0 Å². The van der Waals surface area contributed by atoms with E-state index in [1.807, 2.05) is 37.3 Å². The SMILES string of the molecule is Cc1ccc(S(=O)(=O)N2CCCc3cc(NC(=O)C45CC6CC(CC(C6)C4)C5)ccc32)cc1. The lowest BCUT2D eigenvalue weighted by Gasteiger charge is -2.55. The summed E-state index contributed by atoms with van der Waals surface area (Å²) in [6.07, 6.45) is 8.65. The van der Waals surface area contributed by atoms with E-state index in [4.69, 9.17) is 0 Å². The first-order valence-corrected chi connectivity index (χ1v) is 13.8. The van der Waals surface area contributed by atoms with E-state index in [1.54, 1.807) is 12.1 Å². The highest BCUT2D eigenvalue weighted by molar-refractivity contribution is 7.92. The summed E-state index contributed by atoms with van der Waals surface area (Å²) in [5, 5.41) is 3.23. The van der Waals surface area contributed by atoms with Crippen LogP contribution in [0.15, 0.2) is 47.4 Å². The molecule has 0 saturated heterocycles. The molecular formula is C27H32N2O3S. The van der Waals surface area contributed by atoms with Crippen LogP contribution in [0.2, 0.25) is 0 Å². The highest BCUT2D eigenvalue weighted by atomic mass is 32.2. The predicted molar refractivity (Wildman–Crippen MR) is 130 cm³/mol. The summed E-state index contributed by atoms with van der Waals surface area (Å²) in [5.74, 6) is 2.37. The monoisotopic (exact) mass is 464 g/mol. The zero-order valence-electron chi connectivity index (χ0n) is 19.2. The minimum Gasteiger partial charge on any atom is -0.326 e. The Labute approximate surface area is 196 Å². The quantitative estimate of drug-likeness (QED) is 0.668. The molecule has 7 rings (SSSR count). The molecule has 4 saturated carbocycles. The molecule has 1 heterocycles. The van der Waals surface area contributed by atoms with Gasteiger partial charge in [-0.3, -0.25) is 9.10 Å².